The van der Waals surface area contributed by atoms with Gasteiger partial charge in [0.15, 0.2) is 0 Å². The van der Waals surface area contributed by atoms with Crippen molar-refractivity contribution in [2.75, 3.05) is 20.3 Å². The van der Waals surface area contributed by atoms with E-state index in [-0.39, 0.29) is 0 Å². The predicted molar refractivity (Wildman–Crippen MR) is 44.2 cm³/mol. The van der Waals surface area contributed by atoms with Crippen LogP contribution in [0.4, 0.5) is 0 Å². The van der Waals surface area contributed by atoms with Crippen LogP contribution < -0.4 is 5.32 Å². The van der Waals surface area contributed by atoms with Gasteiger partial charge in [-0.15, -0.1) is 0 Å². The smallest absolute Gasteiger partial charge is 0.0462 e. The molecule has 0 saturated carbocycles. The second-order valence-electron chi connectivity index (χ2n) is 2.81. The Morgan fingerprint density at radius 3 is 2.50 bits per heavy atom. The highest BCUT2D eigenvalue weighted by molar-refractivity contribution is 4.51. The molecule has 0 aliphatic carbocycles. The fraction of sp³-hybridized carbons (Fsp3) is 1.00. The molecular weight excluding hydrogens is 126 g/mol. The first kappa shape index (κ1) is 9.92. The van der Waals surface area contributed by atoms with Gasteiger partial charge in [0.25, 0.3) is 0 Å². The second-order valence-corrected chi connectivity index (χ2v) is 2.81. The second kappa shape index (κ2) is 7.03. The maximum Gasteiger partial charge on any atom is 0.0462 e. The van der Waals surface area contributed by atoms with Gasteiger partial charge < -0.3 is 10.1 Å². The summed E-state index contributed by atoms with van der Waals surface area (Å²) in [7, 11) is 1.75. The van der Waals surface area contributed by atoms with Crippen LogP contribution in [0.3, 0.4) is 0 Å². The lowest BCUT2D eigenvalue weighted by Gasteiger charge is -2.06. The van der Waals surface area contributed by atoms with Gasteiger partial charge in [0.1, 0.15) is 0 Å². The molecule has 0 saturated heterocycles. The average molecular weight is 145 g/mol. The Balaban J connectivity index is 2.77. The van der Waals surface area contributed by atoms with Crippen molar-refractivity contribution in [1.29, 1.82) is 0 Å². The average Bonchev–Trinajstić information content (AvgIpc) is 1.87. The van der Waals surface area contributed by atoms with E-state index in [2.05, 4.69) is 19.2 Å². The summed E-state index contributed by atoms with van der Waals surface area (Å²) in [5.41, 5.74) is 0. The maximum atomic E-state index is 4.92. The third kappa shape index (κ3) is 7.92. The molecule has 0 rings (SSSR count). The van der Waals surface area contributed by atoms with Crippen LogP contribution in [0.5, 0.6) is 0 Å². The van der Waals surface area contributed by atoms with Crippen LogP contribution in [0.2, 0.25) is 0 Å². The summed E-state index contributed by atoms with van der Waals surface area (Å²) in [5.74, 6) is 0. The van der Waals surface area contributed by atoms with E-state index in [0.717, 1.165) is 19.6 Å². The van der Waals surface area contributed by atoms with Crippen molar-refractivity contribution < 1.29 is 4.74 Å². The Morgan fingerprint density at radius 1 is 1.30 bits per heavy atom. The molecule has 0 aliphatic heterocycles. The van der Waals surface area contributed by atoms with Crippen molar-refractivity contribution in [2.24, 2.45) is 0 Å². The van der Waals surface area contributed by atoms with Crippen molar-refractivity contribution in [3.63, 3.8) is 0 Å². The van der Waals surface area contributed by atoms with Gasteiger partial charge in [-0.3, -0.25) is 0 Å². The summed E-state index contributed by atoms with van der Waals surface area (Å²) < 4.78 is 4.92. The number of rotatable bonds is 6. The molecule has 2 nitrogen and oxygen atoms in total. The normalized spacial score (nSPS) is 10.8. The molecule has 0 aliphatic rings. The van der Waals surface area contributed by atoms with Crippen LogP contribution in [0.25, 0.3) is 0 Å². The molecular formula is C8H19NO. The van der Waals surface area contributed by atoms with Crippen LogP contribution in [-0.4, -0.2) is 26.3 Å². The highest BCUT2D eigenvalue weighted by Crippen LogP contribution is 1.87. The molecule has 10 heavy (non-hydrogen) atoms. The van der Waals surface area contributed by atoms with Gasteiger partial charge in [0.05, 0.1) is 0 Å². The first-order valence-corrected chi connectivity index (χ1v) is 3.99. The van der Waals surface area contributed by atoms with Gasteiger partial charge in [-0.1, -0.05) is 13.8 Å². The van der Waals surface area contributed by atoms with Gasteiger partial charge in [0.2, 0.25) is 0 Å². The topological polar surface area (TPSA) is 21.3 Å². The highest BCUT2D eigenvalue weighted by Gasteiger charge is 1.90. The number of ether oxygens (including phenoxy) is 1. The molecule has 0 bridgehead atoms. The van der Waals surface area contributed by atoms with E-state index in [1.807, 2.05) is 0 Å². The first-order chi connectivity index (χ1) is 4.77. The quantitative estimate of drug-likeness (QED) is 0.571. The molecule has 0 unspecified atom stereocenters. The molecule has 0 fully saturated rings. The van der Waals surface area contributed by atoms with Crippen molar-refractivity contribution in [3.8, 4) is 0 Å². The van der Waals surface area contributed by atoms with Crippen LogP contribution in [0, 0.1) is 0 Å². The SMILES string of the molecule is COCCCCNC(C)C. The summed E-state index contributed by atoms with van der Waals surface area (Å²) in [5, 5.41) is 3.35. The molecule has 0 aromatic carbocycles. The Hall–Kier alpha value is -0.0800. The fourth-order valence-electron chi connectivity index (χ4n) is 0.762. The lowest BCUT2D eigenvalue weighted by Crippen LogP contribution is -2.23. The highest BCUT2D eigenvalue weighted by atomic mass is 16.5. The summed E-state index contributed by atoms with van der Waals surface area (Å²) in [4.78, 5) is 0. The zero-order valence-electron chi connectivity index (χ0n) is 7.31. The van der Waals surface area contributed by atoms with E-state index in [9.17, 15) is 0 Å². The first-order valence-electron chi connectivity index (χ1n) is 3.99. The molecule has 1 N–H and O–H groups in total. The zero-order valence-corrected chi connectivity index (χ0v) is 7.31. The van der Waals surface area contributed by atoms with Gasteiger partial charge in [-0.05, 0) is 19.4 Å². The summed E-state index contributed by atoms with van der Waals surface area (Å²) in [6.07, 6.45) is 2.38. The Kier molecular flexibility index (Phi) is 6.98. The number of hydrogen-bond acceptors (Lipinski definition) is 2. The molecule has 0 radical (unpaired) electrons. The van der Waals surface area contributed by atoms with E-state index in [0.29, 0.717) is 6.04 Å². The standard InChI is InChI=1S/C8H19NO/c1-8(2)9-6-4-5-7-10-3/h8-9H,4-7H2,1-3H3. The van der Waals surface area contributed by atoms with Crippen LogP contribution in [0.15, 0.2) is 0 Å². The molecule has 2 heteroatoms. The van der Waals surface area contributed by atoms with Crippen molar-refractivity contribution >= 4 is 0 Å². The molecule has 0 aromatic rings. The van der Waals surface area contributed by atoms with Crippen molar-refractivity contribution in [1.82, 2.24) is 5.32 Å². The summed E-state index contributed by atoms with van der Waals surface area (Å²) >= 11 is 0. The molecule has 62 valence electrons. The molecule has 0 amide bonds. The number of methoxy groups -OCH3 is 1. The van der Waals surface area contributed by atoms with E-state index < -0.39 is 0 Å². The number of unbranched alkanes of at least 4 members (excludes halogenated alkanes) is 1. The minimum absolute atomic E-state index is 0.613. The molecule has 0 spiro atoms. The van der Waals surface area contributed by atoms with Crippen molar-refractivity contribution in [3.05, 3.63) is 0 Å². The van der Waals surface area contributed by atoms with Gasteiger partial charge in [-0.25, -0.2) is 0 Å². The largest absolute Gasteiger partial charge is 0.385 e. The Bertz CT molecular complexity index is 64.3. The van der Waals surface area contributed by atoms with Gasteiger partial charge in [0, 0.05) is 19.8 Å². The van der Waals surface area contributed by atoms with E-state index in [1.165, 1.54) is 6.42 Å². The van der Waals surface area contributed by atoms with Crippen LogP contribution in [-0.2, 0) is 4.74 Å². The van der Waals surface area contributed by atoms with E-state index in [1.54, 1.807) is 7.11 Å². The lowest BCUT2D eigenvalue weighted by molar-refractivity contribution is 0.192. The zero-order chi connectivity index (χ0) is 7.82. The van der Waals surface area contributed by atoms with Crippen LogP contribution >= 0.6 is 0 Å². The third-order valence-electron chi connectivity index (χ3n) is 1.33. The molecule has 0 atom stereocenters. The molecule has 0 heterocycles. The van der Waals surface area contributed by atoms with Gasteiger partial charge in [-0.2, -0.15) is 0 Å². The molecule has 0 aromatic heterocycles. The predicted octanol–water partition coefficient (Wildman–Crippen LogP) is 1.41. The van der Waals surface area contributed by atoms with E-state index in [4.69, 9.17) is 4.74 Å². The Morgan fingerprint density at radius 2 is 2.00 bits per heavy atom. The minimum Gasteiger partial charge on any atom is -0.385 e. The van der Waals surface area contributed by atoms with E-state index >= 15 is 0 Å². The maximum absolute atomic E-state index is 4.92. The Labute approximate surface area is 64.0 Å². The number of hydrogen-bond donors (Lipinski definition) is 1. The van der Waals surface area contributed by atoms with Crippen molar-refractivity contribution in [2.45, 2.75) is 32.7 Å². The fourth-order valence-corrected chi connectivity index (χ4v) is 0.762. The third-order valence-corrected chi connectivity index (χ3v) is 1.33. The summed E-state index contributed by atoms with van der Waals surface area (Å²) in [6, 6.07) is 0.613. The number of nitrogens with one attached hydrogen (secondary N) is 1. The minimum atomic E-state index is 0.613. The summed E-state index contributed by atoms with van der Waals surface area (Å²) in [6.45, 7) is 6.33. The van der Waals surface area contributed by atoms with Crippen LogP contribution in [0.1, 0.15) is 26.7 Å². The van der Waals surface area contributed by atoms with Gasteiger partial charge >= 0.3 is 0 Å². The lowest BCUT2D eigenvalue weighted by atomic mass is 10.3. The monoisotopic (exact) mass is 145 g/mol.